The Balaban J connectivity index is 1.28. The van der Waals surface area contributed by atoms with Gasteiger partial charge in [0.25, 0.3) is 0 Å². The lowest BCUT2D eigenvalue weighted by atomic mass is 9.89. The quantitative estimate of drug-likeness (QED) is 0.255. The highest BCUT2D eigenvalue weighted by Gasteiger charge is 2.39. The first-order valence-corrected chi connectivity index (χ1v) is 14.7. The number of rotatable bonds is 16. The van der Waals surface area contributed by atoms with E-state index in [1.165, 1.54) is 0 Å². The van der Waals surface area contributed by atoms with Crippen LogP contribution in [0, 0.1) is 0 Å². The fourth-order valence-corrected chi connectivity index (χ4v) is 6.32. The molecule has 10 heteroatoms. The SMILES string of the molecule is O=C(NCCCCCCCC1(N(CCCN2CCOCC2)S(=O)[O-])CCCC1)NCc1cccnc1. The van der Waals surface area contributed by atoms with Gasteiger partial charge in [-0.05, 0) is 50.3 Å². The first-order valence-electron chi connectivity index (χ1n) is 13.7. The van der Waals surface area contributed by atoms with Crippen LogP contribution in [0.2, 0.25) is 0 Å². The Bertz CT molecular complexity index is 773. The van der Waals surface area contributed by atoms with E-state index in [0.29, 0.717) is 19.6 Å². The summed E-state index contributed by atoms with van der Waals surface area (Å²) in [5, 5.41) is 5.75. The van der Waals surface area contributed by atoms with Crippen molar-refractivity contribution in [1.29, 1.82) is 0 Å². The minimum Gasteiger partial charge on any atom is -0.760 e. The minimum atomic E-state index is -2.18. The first kappa shape index (κ1) is 29.0. The van der Waals surface area contributed by atoms with Crippen molar-refractivity contribution in [3.63, 3.8) is 0 Å². The Kier molecular flexibility index (Phi) is 13.1. The number of amides is 2. The van der Waals surface area contributed by atoms with Crippen molar-refractivity contribution in [3.05, 3.63) is 30.1 Å². The molecule has 1 aromatic rings. The van der Waals surface area contributed by atoms with E-state index in [1.54, 1.807) is 16.7 Å². The van der Waals surface area contributed by atoms with Gasteiger partial charge < -0.3 is 19.9 Å². The molecular formula is C26H44N5O4S-. The Labute approximate surface area is 219 Å². The van der Waals surface area contributed by atoms with E-state index in [2.05, 4.69) is 20.5 Å². The van der Waals surface area contributed by atoms with E-state index in [0.717, 1.165) is 109 Å². The van der Waals surface area contributed by atoms with Gasteiger partial charge in [0, 0.05) is 61.9 Å². The van der Waals surface area contributed by atoms with Crippen molar-refractivity contribution in [2.75, 3.05) is 45.9 Å². The van der Waals surface area contributed by atoms with Crippen LogP contribution in [0.5, 0.6) is 0 Å². The zero-order chi connectivity index (χ0) is 25.5. The molecule has 1 saturated carbocycles. The number of hydrogen-bond acceptors (Lipinski definition) is 6. The van der Waals surface area contributed by atoms with E-state index in [1.807, 2.05) is 12.1 Å². The molecule has 204 valence electrons. The van der Waals surface area contributed by atoms with Crippen LogP contribution in [-0.4, -0.2) is 80.5 Å². The summed E-state index contributed by atoms with van der Waals surface area (Å²) in [6.45, 7) is 6.11. The monoisotopic (exact) mass is 522 g/mol. The molecule has 0 bridgehead atoms. The molecule has 1 aliphatic carbocycles. The Morgan fingerprint density at radius 2 is 1.86 bits per heavy atom. The number of urea groups is 1. The Morgan fingerprint density at radius 3 is 2.58 bits per heavy atom. The molecule has 3 rings (SSSR count). The van der Waals surface area contributed by atoms with Crippen molar-refractivity contribution in [2.24, 2.45) is 0 Å². The summed E-state index contributed by atoms with van der Waals surface area (Å²) in [7, 11) is 0. The molecule has 0 radical (unpaired) electrons. The lowest BCUT2D eigenvalue weighted by Crippen LogP contribution is -2.49. The minimum absolute atomic E-state index is 0.152. The summed E-state index contributed by atoms with van der Waals surface area (Å²) < 4.78 is 31.6. The highest BCUT2D eigenvalue weighted by molar-refractivity contribution is 7.76. The summed E-state index contributed by atoms with van der Waals surface area (Å²) in [4.78, 5) is 18.3. The molecule has 0 aromatic carbocycles. The first-order chi connectivity index (χ1) is 17.6. The second-order valence-electron chi connectivity index (χ2n) is 10.0. The maximum atomic E-state index is 12.2. The van der Waals surface area contributed by atoms with Crippen LogP contribution >= 0.6 is 0 Å². The van der Waals surface area contributed by atoms with Crippen LogP contribution in [0.15, 0.2) is 24.5 Å². The standard InChI is InChI=1S/C26H45N5O4S/c32-25(29-23-24-10-8-14-27-22-24)28-15-7-3-1-2-4-11-26(12-5-6-13-26)31(36(33)34)17-9-16-30-18-20-35-21-19-30/h8,10,14,22H,1-7,9,11-13,15-21,23H2,(H,33,34)(H2,28,29,32)/p-1. The predicted octanol–water partition coefficient (Wildman–Crippen LogP) is 3.35. The molecule has 2 aliphatic rings. The summed E-state index contributed by atoms with van der Waals surface area (Å²) in [6.07, 6.45) is 14.7. The molecule has 2 heterocycles. The molecule has 9 nitrogen and oxygen atoms in total. The van der Waals surface area contributed by atoms with Crippen molar-refractivity contribution in [2.45, 2.75) is 82.7 Å². The van der Waals surface area contributed by atoms with Crippen LogP contribution in [0.25, 0.3) is 0 Å². The number of hydrogen-bond donors (Lipinski definition) is 2. The number of carbonyl (C=O) groups is 1. The van der Waals surface area contributed by atoms with Crippen molar-refractivity contribution < 1.29 is 18.3 Å². The molecule has 2 N–H and O–H groups in total. The zero-order valence-electron chi connectivity index (χ0n) is 21.6. The average Bonchev–Trinajstić information content (AvgIpc) is 3.37. The second-order valence-corrected chi connectivity index (χ2v) is 10.9. The van der Waals surface area contributed by atoms with Gasteiger partial charge in [-0.1, -0.05) is 44.6 Å². The summed E-state index contributed by atoms with van der Waals surface area (Å²) in [6, 6.07) is 3.64. The van der Waals surface area contributed by atoms with Crippen molar-refractivity contribution >= 4 is 17.3 Å². The molecule has 1 aromatic heterocycles. The third-order valence-electron chi connectivity index (χ3n) is 7.46. The molecule has 2 fully saturated rings. The maximum absolute atomic E-state index is 12.2. The number of nitrogens with one attached hydrogen (secondary N) is 2. The molecule has 1 saturated heterocycles. The normalized spacial score (nSPS) is 18.8. The third-order valence-corrected chi connectivity index (χ3v) is 8.39. The number of morpholine rings is 1. The van der Waals surface area contributed by atoms with Crippen LogP contribution in [0.4, 0.5) is 4.79 Å². The topological polar surface area (TPSA) is 110 Å². The number of ether oxygens (including phenoxy) is 1. The fraction of sp³-hybridized carbons (Fsp3) is 0.769. The fourth-order valence-electron chi connectivity index (χ4n) is 5.45. The lowest BCUT2D eigenvalue weighted by molar-refractivity contribution is 0.0356. The van der Waals surface area contributed by atoms with Gasteiger partial charge in [0.2, 0.25) is 0 Å². The third kappa shape index (κ3) is 10.0. The van der Waals surface area contributed by atoms with Gasteiger partial charge in [-0.15, -0.1) is 0 Å². The lowest BCUT2D eigenvalue weighted by Gasteiger charge is -2.43. The summed E-state index contributed by atoms with van der Waals surface area (Å²) >= 11 is -2.18. The molecule has 1 unspecified atom stereocenters. The van der Waals surface area contributed by atoms with Gasteiger partial charge in [-0.2, -0.15) is 0 Å². The van der Waals surface area contributed by atoms with E-state index in [4.69, 9.17) is 4.74 Å². The van der Waals surface area contributed by atoms with E-state index in [-0.39, 0.29) is 11.6 Å². The van der Waals surface area contributed by atoms with E-state index < -0.39 is 11.3 Å². The molecule has 1 atom stereocenters. The number of unbranched alkanes of at least 4 members (excludes halogenated alkanes) is 4. The van der Waals surface area contributed by atoms with Crippen LogP contribution < -0.4 is 10.6 Å². The number of aromatic nitrogens is 1. The largest absolute Gasteiger partial charge is 0.760 e. The second kappa shape index (κ2) is 16.3. The van der Waals surface area contributed by atoms with E-state index >= 15 is 0 Å². The van der Waals surface area contributed by atoms with Crippen LogP contribution in [0.1, 0.15) is 76.2 Å². The van der Waals surface area contributed by atoms with Gasteiger partial charge >= 0.3 is 6.03 Å². The van der Waals surface area contributed by atoms with Gasteiger partial charge in [-0.3, -0.25) is 14.1 Å². The molecule has 36 heavy (non-hydrogen) atoms. The summed E-state index contributed by atoms with van der Waals surface area (Å²) in [5.41, 5.74) is 0.787. The molecular weight excluding hydrogens is 478 g/mol. The summed E-state index contributed by atoms with van der Waals surface area (Å²) in [5.74, 6) is 0. The smallest absolute Gasteiger partial charge is 0.315 e. The molecule has 1 aliphatic heterocycles. The van der Waals surface area contributed by atoms with Crippen molar-refractivity contribution in [1.82, 2.24) is 24.8 Å². The number of carbonyl (C=O) groups excluding carboxylic acids is 1. The van der Waals surface area contributed by atoms with Crippen LogP contribution in [0.3, 0.4) is 0 Å². The van der Waals surface area contributed by atoms with E-state index in [9.17, 15) is 13.6 Å². The average molecular weight is 523 g/mol. The Hall–Kier alpha value is -1.59. The van der Waals surface area contributed by atoms with Gasteiger partial charge in [-0.25, -0.2) is 9.10 Å². The highest BCUT2D eigenvalue weighted by atomic mass is 32.2. The van der Waals surface area contributed by atoms with Crippen molar-refractivity contribution in [3.8, 4) is 0 Å². The zero-order valence-corrected chi connectivity index (χ0v) is 22.4. The number of nitrogens with zero attached hydrogens (tertiary/aromatic N) is 3. The number of pyridine rings is 1. The Morgan fingerprint density at radius 1 is 1.11 bits per heavy atom. The van der Waals surface area contributed by atoms with Crippen LogP contribution in [-0.2, 0) is 22.5 Å². The molecule has 0 spiro atoms. The maximum Gasteiger partial charge on any atom is 0.315 e. The molecule has 2 amide bonds. The highest BCUT2D eigenvalue weighted by Crippen LogP contribution is 2.40. The van der Waals surface area contributed by atoms with Gasteiger partial charge in [0.1, 0.15) is 0 Å². The van der Waals surface area contributed by atoms with Gasteiger partial charge in [0.15, 0.2) is 0 Å². The predicted molar refractivity (Wildman–Crippen MR) is 141 cm³/mol. The van der Waals surface area contributed by atoms with Gasteiger partial charge in [0.05, 0.1) is 13.2 Å².